The zero-order valence-electron chi connectivity index (χ0n) is 17.2. The second-order valence-corrected chi connectivity index (χ2v) is 7.54. The molecule has 0 spiro atoms. The number of carbonyl (C=O) groups excluding carboxylic acids is 1. The highest BCUT2D eigenvalue weighted by Gasteiger charge is 2.39. The minimum atomic E-state index is -4.71. The molecule has 7 nitrogen and oxygen atoms in total. The first kappa shape index (κ1) is 21.7. The molecule has 0 N–H and O–H groups in total. The van der Waals surface area contributed by atoms with Crippen molar-refractivity contribution in [2.24, 2.45) is 7.05 Å². The van der Waals surface area contributed by atoms with Crippen LogP contribution in [0.4, 0.5) is 13.2 Å². The number of likely N-dealkylation sites (tertiary alicyclic amines) is 1. The van der Waals surface area contributed by atoms with Crippen molar-refractivity contribution in [3.05, 3.63) is 76.5 Å². The maximum absolute atomic E-state index is 13.1. The number of carbonyl (C=O) groups is 1. The molecule has 1 aromatic heterocycles. The van der Waals surface area contributed by atoms with Gasteiger partial charge in [-0.2, -0.15) is 13.2 Å². The third-order valence-electron chi connectivity index (χ3n) is 5.44. The van der Waals surface area contributed by atoms with Crippen molar-refractivity contribution in [2.75, 3.05) is 13.1 Å². The summed E-state index contributed by atoms with van der Waals surface area (Å²) < 4.78 is 46.4. The number of benzene rings is 2. The largest absolute Gasteiger partial charge is 0.457 e. The molecule has 1 saturated heterocycles. The Morgan fingerprint density at radius 1 is 1.03 bits per heavy atom. The van der Waals surface area contributed by atoms with E-state index in [2.05, 4.69) is 5.10 Å². The Morgan fingerprint density at radius 2 is 1.66 bits per heavy atom. The Hall–Kier alpha value is -3.56. The molecule has 0 unspecified atom stereocenters. The molecule has 2 aromatic carbocycles. The van der Waals surface area contributed by atoms with Crippen LogP contribution < -0.4 is 10.4 Å². The van der Waals surface area contributed by atoms with Crippen molar-refractivity contribution in [1.29, 1.82) is 0 Å². The lowest BCUT2D eigenvalue weighted by Crippen LogP contribution is -2.41. The van der Waals surface area contributed by atoms with Gasteiger partial charge in [-0.05, 0) is 37.1 Å². The zero-order valence-corrected chi connectivity index (χ0v) is 17.2. The molecule has 3 aromatic rings. The summed E-state index contributed by atoms with van der Waals surface area (Å²) in [5.41, 5.74) is -0.423. The van der Waals surface area contributed by atoms with Gasteiger partial charge in [-0.3, -0.25) is 9.36 Å². The van der Waals surface area contributed by atoms with Gasteiger partial charge in [0, 0.05) is 20.1 Å². The van der Waals surface area contributed by atoms with Gasteiger partial charge in [-0.1, -0.05) is 30.3 Å². The van der Waals surface area contributed by atoms with Gasteiger partial charge in [0.15, 0.2) is 0 Å². The quantitative estimate of drug-likeness (QED) is 0.610. The maximum atomic E-state index is 13.1. The van der Waals surface area contributed by atoms with E-state index in [4.69, 9.17) is 4.74 Å². The fourth-order valence-electron chi connectivity index (χ4n) is 3.77. The maximum Gasteiger partial charge on any atom is 0.451 e. The van der Waals surface area contributed by atoms with E-state index in [0.29, 0.717) is 34.5 Å². The first-order valence-electron chi connectivity index (χ1n) is 10.1. The van der Waals surface area contributed by atoms with Crippen molar-refractivity contribution >= 4 is 5.91 Å². The minimum Gasteiger partial charge on any atom is -0.457 e. The van der Waals surface area contributed by atoms with E-state index in [9.17, 15) is 22.8 Å². The Balaban J connectivity index is 1.48. The molecule has 32 heavy (non-hydrogen) atoms. The van der Waals surface area contributed by atoms with E-state index >= 15 is 0 Å². The van der Waals surface area contributed by atoms with E-state index < -0.39 is 23.7 Å². The van der Waals surface area contributed by atoms with E-state index in [1.54, 1.807) is 41.3 Å². The second-order valence-electron chi connectivity index (χ2n) is 7.54. The van der Waals surface area contributed by atoms with Crippen molar-refractivity contribution in [2.45, 2.75) is 25.1 Å². The van der Waals surface area contributed by atoms with Crippen LogP contribution in [0, 0.1) is 0 Å². The van der Waals surface area contributed by atoms with Gasteiger partial charge in [0.2, 0.25) is 5.82 Å². The Labute approximate surface area is 181 Å². The molecule has 0 bridgehead atoms. The van der Waals surface area contributed by atoms with Crippen molar-refractivity contribution < 1.29 is 22.7 Å². The van der Waals surface area contributed by atoms with Gasteiger partial charge < -0.3 is 9.64 Å². The normalized spacial score (nSPS) is 15.1. The average Bonchev–Trinajstić information content (AvgIpc) is 3.09. The monoisotopic (exact) mass is 446 g/mol. The number of piperidine rings is 1. The van der Waals surface area contributed by atoms with Gasteiger partial charge in [0.1, 0.15) is 11.5 Å². The molecule has 2 heterocycles. The van der Waals surface area contributed by atoms with Crippen LogP contribution in [0.5, 0.6) is 11.5 Å². The number of aromatic nitrogens is 3. The lowest BCUT2D eigenvalue weighted by molar-refractivity contribution is -0.147. The number of nitrogens with zero attached hydrogens (tertiary/aromatic N) is 4. The predicted molar refractivity (Wildman–Crippen MR) is 110 cm³/mol. The molecule has 1 aliphatic heterocycles. The zero-order chi connectivity index (χ0) is 22.9. The van der Waals surface area contributed by atoms with Gasteiger partial charge in [0.25, 0.3) is 5.91 Å². The van der Waals surface area contributed by atoms with Gasteiger partial charge in [0.05, 0.1) is 11.6 Å². The molecule has 0 atom stereocenters. The lowest BCUT2D eigenvalue weighted by atomic mass is 10.0. The predicted octanol–water partition coefficient (Wildman–Crippen LogP) is 3.87. The summed E-state index contributed by atoms with van der Waals surface area (Å²) in [6.45, 7) is 0.571. The number of para-hydroxylation sites is 2. The first-order chi connectivity index (χ1) is 15.3. The summed E-state index contributed by atoms with van der Waals surface area (Å²) in [6, 6.07) is 15.5. The van der Waals surface area contributed by atoms with Crippen LogP contribution in [0.2, 0.25) is 0 Å². The van der Waals surface area contributed by atoms with Gasteiger partial charge >= 0.3 is 11.9 Å². The molecule has 1 aliphatic rings. The highest BCUT2D eigenvalue weighted by atomic mass is 19.4. The fourth-order valence-corrected chi connectivity index (χ4v) is 3.77. The third-order valence-corrected chi connectivity index (χ3v) is 5.44. The molecular formula is C22H21F3N4O3. The SMILES string of the molecule is Cn1c(C(F)(F)F)nn(C2CCN(C(=O)c3ccccc3Oc3ccccc3)CC2)c1=O. The number of hydrogen-bond acceptors (Lipinski definition) is 4. The summed E-state index contributed by atoms with van der Waals surface area (Å²) in [6.07, 6.45) is -4.07. The molecule has 4 rings (SSSR count). The van der Waals surface area contributed by atoms with Crippen LogP contribution in [-0.2, 0) is 13.2 Å². The van der Waals surface area contributed by atoms with Crippen LogP contribution in [0.25, 0.3) is 0 Å². The van der Waals surface area contributed by atoms with Gasteiger partial charge in [-0.25, -0.2) is 9.48 Å². The van der Waals surface area contributed by atoms with Crippen LogP contribution in [0.15, 0.2) is 59.4 Å². The average molecular weight is 446 g/mol. The van der Waals surface area contributed by atoms with E-state index in [1.807, 2.05) is 18.2 Å². The number of halogens is 3. The summed E-state index contributed by atoms with van der Waals surface area (Å²) in [5, 5.41) is 3.51. The summed E-state index contributed by atoms with van der Waals surface area (Å²) >= 11 is 0. The second kappa shape index (κ2) is 8.52. The van der Waals surface area contributed by atoms with Gasteiger partial charge in [-0.15, -0.1) is 5.10 Å². The molecule has 0 saturated carbocycles. The number of hydrogen-bond donors (Lipinski definition) is 0. The number of ether oxygens (including phenoxy) is 1. The number of amides is 1. The molecule has 0 aliphatic carbocycles. The van der Waals surface area contributed by atoms with Crippen molar-refractivity contribution in [3.63, 3.8) is 0 Å². The number of rotatable bonds is 4. The molecule has 1 fully saturated rings. The van der Waals surface area contributed by atoms with E-state index in [1.165, 1.54) is 0 Å². The lowest BCUT2D eigenvalue weighted by Gasteiger charge is -2.32. The standard InChI is InChI=1S/C22H21F3N4O3/c1-27-20(22(23,24)25)26-29(21(27)31)15-11-13-28(14-12-15)19(30)17-9-5-6-10-18(17)32-16-7-3-2-4-8-16/h2-10,15H,11-14H2,1H3. The highest BCUT2D eigenvalue weighted by Crippen LogP contribution is 2.30. The minimum absolute atomic E-state index is 0.237. The van der Waals surface area contributed by atoms with Crippen LogP contribution >= 0.6 is 0 Å². The Bertz CT molecular complexity index is 1160. The molecule has 168 valence electrons. The third kappa shape index (κ3) is 4.25. The molecule has 1 amide bonds. The van der Waals surface area contributed by atoms with Crippen LogP contribution in [-0.4, -0.2) is 38.2 Å². The van der Waals surface area contributed by atoms with Crippen molar-refractivity contribution in [3.8, 4) is 11.5 Å². The summed E-state index contributed by atoms with van der Waals surface area (Å²) in [4.78, 5) is 27.0. The number of alkyl halides is 3. The van der Waals surface area contributed by atoms with Crippen LogP contribution in [0.3, 0.4) is 0 Å². The van der Waals surface area contributed by atoms with E-state index in [0.717, 1.165) is 11.7 Å². The summed E-state index contributed by atoms with van der Waals surface area (Å²) in [7, 11) is 1.05. The summed E-state index contributed by atoms with van der Waals surface area (Å²) in [5.74, 6) is -0.449. The fraction of sp³-hybridized carbons (Fsp3) is 0.318. The van der Waals surface area contributed by atoms with Crippen molar-refractivity contribution in [1.82, 2.24) is 19.2 Å². The van der Waals surface area contributed by atoms with Crippen LogP contribution in [0.1, 0.15) is 35.1 Å². The smallest absolute Gasteiger partial charge is 0.451 e. The molecule has 0 radical (unpaired) electrons. The topological polar surface area (TPSA) is 69.4 Å². The molecule has 10 heteroatoms. The molecular weight excluding hydrogens is 425 g/mol. The highest BCUT2D eigenvalue weighted by molar-refractivity contribution is 5.97. The van der Waals surface area contributed by atoms with E-state index in [-0.39, 0.29) is 19.0 Å². The Morgan fingerprint density at radius 3 is 2.28 bits per heavy atom. The first-order valence-corrected chi connectivity index (χ1v) is 10.1. The Kier molecular flexibility index (Phi) is 5.77.